The van der Waals surface area contributed by atoms with Crippen LogP contribution in [0.3, 0.4) is 0 Å². The molecule has 15 nitrogen and oxygen atoms in total. The number of carbonyl (C=O) groups is 4. The molecular weight excluding hydrogens is 901 g/mol. The van der Waals surface area contributed by atoms with E-state index in [4.69, 9.17) is 29.2 Å². The molecule has 1 atom stereocenters. The first kappa shape index (κ1) is 51.3. The lowest BCUT2D eigenvalue weighted by Crippen LogP contribution is -2.22. The highest BCUT2D eigenvalue weighted by molar-refractivity contribution is 6.76. The number of ketones is 2. The molecule has 0 saturated heterocycles. The highest BCUT2D eigenvalue weighted by atomic mass is 28.3. The monoisotopic (exact) mass is 966 g/mol. The first-order valence-electron chi connectivity index (χ1n) is 24.3. The van der Waals surface area contributed by atoms with E-state index in [0.29, 0.717) is 77.1 Å². The van der Waals surface area contributed by atoms with Gasteiger partial charge < -0.3 is 23.8 Å². The molecule has 2 aliphatic carbocycles. The van der Waals surface area contributed by atoms with Crippen LogP contribution in [-0.2, 0) is 20.9 Å². The number of nitrogens with one attached hydrogen (secondary N) is 1. The van der Waals surface area contributed by atoms with Crippen LogP contribution in [0.1, 0.15) is 158 Å². The van der Waals surface area contributed by atoms with Crippen molar-refractivity contribution >= 4 is 70.6 Å². The van der Waals surface area contributed by atoms with Crippen molar-refractivity contribution < 1.29 is 33.4 Å². The zero-order valence-corrected chi connectivity index (χ0v) is 43.5. The Bertz CT molecular complexity index is 3000. The van der Waals surface area contributed by atoms with Gasteiger partial charge in [-0.2, -0.15) is 0 Å². The summed E-state index contributed by atoms with van der Waals surface area (Å²) in [6, 6.07) is 11.9. The molecule has 0 fully saturated rings. The van der Waals surface area contributed by atoms with Crippen molar-refractivity contribution in [2.45, 2.75) is 126 Å². The second-order valence-corrected chi connectivity index (χ2v) is 26.6. The van der Waals surface area contributed by atoms with Crippen molar-refractivity contribution in [1.82, 2.24) is 39.5 Å². The first-order valence-corrected chi connectivity index (χ1v) is 28.0. The Morgan fingerprint density at radius 3 is 2.01 bits per heavy atom. The van der Waals surface area contributed by atoms with Crippen molar-refractivity contribution in [2.75, 3.05) is 19.8 Å². The maximum atomic E-state index is 13.4. The van der Waals surface area contributed by atoms with Gasteiger partial charge in [-0.3, -0.25) is 9.59 Å². The number of aromatic nitrogens is 8. The van der Waals surface area contributed by atoms with Gasteiger partial charge in [0.1, 0.15) is 29.2 Å². The largest absolute Gasteiger partial charge is 0.461 e. The minimum atomic E-state index is -1.21. The molecule has 70 heavy (non-hydrogen) atoms. The number of rotatable bonds is 15. The summed E-state index contributed by atoms with van der Waals surface area (Å²) < 4.78 is 18.1. The lowest BCUT2D eigenvalue weighted by Gasteiger charge is -2.16. The summed E-state index contributed by atoms with van der Waals surface area (Å²) in [5, 5.41) is 0. The van der Waals surface area contributed by atoms with E-state index in [1.54, 1.807) is 44.6 Å². The van der Waals surface area contributed by atoms with Crippen molar-refractivity contribution in [2.24, 2.45) is 10.8 Å². The van der Waals surface area contributed by atoms with Gasteiger partial charge >= 0.3 is 11.9 Å². The fraction of sp³-hybridized carbons (Fsp3) is 0.444. The van der Waals surface area contributed by atoms with E-state index in [-0.39, 0.29) is 17.5 Å². The lowest BCUT2D eigenvalue weighted by molar-refractivity contribution is 0.0510. The van der Waals surface area contributed by atoms with E-state index < -0.39 is 30.8 Å². The summed E-state index contributed by atoms with van der Waals surface area (Å²) in [5.41, 5.74) is 9.15. The van der Waals surface area contributed by atoms with Gasteiger partial charge in [-0.25, -0.2) is 39.5 Å². The van der Waals surface area contributed by atoms with Crippen LogP contribution in [0.15, 0.2) is 67.3 Å². The van der Waals surface area contributed by atoms with E-state index in [1.165, 1.54) is 0 Å². The number of hydrogen-bond donors (Lipinski definition) is 1. The van der Waals surface area contributed by atoms with Gasteiger partial charge in [0.05, 0.1) is 53.8 Å². The smallest absolute Gasteiger partial charge is 0.356 e. The summed E-state index contributed by atoms with van der Waals surface area (Å²) in [4.78, 5) is 82.0. The molecule has 368 valence electrons. The Morgan fingerprint density at radius 1 is 0.743 bits per heavy atom. The molecule has 6 heterocycles. The number of hydrogen-bond acceptors (Lipinski definition) is 13. The molecule has 6 aromatic heterocycles. The summed E-state index contributed by atoms with van der Waals surface area (Å²) in [7, 11) is -1.21. The number of aromatic amines is 1. The fourth-order valence-electron chi connectivity index (χ4n) is 8.50. The Balaban J connectivity index is 0.000000212. The van der Waals surface area contributed by atoms with Crippen LogP contribution >= 0.6 is 0 Å². The van der Waals surface area contributed by atoms with Gasteiger partial charge in [-0.15, -0.1) is 0 Å². The maximum absolute atomic E-state index is 13.4. The van der Waals surface area contributed by atoms with Crippen LogP contribution in [0, 0.1) is 10.8 Å². The van der Waals surface area contributed by atoms with Crippen molar-refractivity contribution in [3.63, 3.8) is 0 Å². The van der Waals surface area contributed by atoms with E-state index in [9.17, 15) is 19.2 Å². The van der Waals surface area contributed by atoms with E-state index in [1.807, 2.05) is 76.6 Å². The van der Waals surface area contributed by atoms with Gasteiger partial charge in [0.25, 0.3) is 0 Å². The zero-order valence-electron chi connectivity index (χ0n) is 42.5. The standard InChI is InChI=1S/C30H40N4O4Si.C24H26N4O3/c1-8-38-29(36)24-14-10-13-23(32-24)20-11-9-12-21(20)25-17-31-28-26(33-25)22(27(35)30(2,3)4)18-34(28)19-37-15-16-39(5,6)7;1-5-31-23(30)18-11-7-10-17(27-18)14-8-6-9-15(14)19-13-26-22-20(28-19)16(12-25-22)21(29)24(2,3)4/h10,12-14,17-18,20H,8-9,11,15-16,19H2,1-7H3;7,10-13H,5-6,8-9H2,1-4H3,(H,25,26). The maximum Gasteiger partial charge on any atom is 0.356 e. The number of allylic oxidation sites excluding steroid dienone is 4. The molecule has 2 aliphatic rings. The first-order chi connectivity index (χ1) is 33.2. The third-order valence-electron chi connectivity index (χ3n) is 12.2. The predicted molar refractivity (Wildman–Crippen MR) is 274 cm³/mol. The molecule has 0 bridgehead atoms. The molecule has 0 radical (unpaired) electrons. The average molecular weight is 967 g/mol. The number of fused-ring (bicyclic) bond motifs is 2. The highest BCUT2D eigenvalue weighted by Gasteiger charge is 2.31. The van der Waals surface area contributed by atoms with E-state index in [0.717, 1.165) is 71.9 Å². The van der Waals surface area contributed by atoms with E-state index in [2.05, 4.69) is 45.7 Å². The number of pyridine rings is 2. The molecule has 0 amide bonds. The number of carbonyl (C=O) groups excluding carboxylic acids is 4. The molecule has 0 aliphatic heterocycles. The Morgan fingerprint density at radius 2 is 1.36 bits per heavy atom. The SMILES string of the molecule is CCOC(=O)c1cccc(C2=C(c3cnc4[nH]cc(C(=O)C(C)(C)C)c4n3)CCC2)n1.CCOC(=O)c1cccc(C2CCC=C2c2cnc3c(n2)c(C(=O)C(C)(C)C)cn3COCC[Si](C)(C)C)n1. The molecule has 1 unspecified atom stereocenters. The Kier molecular flexibility index (Phi) is 15.6. The summed E-state index contributed by atoms with van der Waals surface area (Å²) >= 11 is 0. The molecule has 8 rings (SSSR count). The van der Waals surface area contributed by atoms with Gasteiger partial charge in [0.2, 0.25) is 0 Å². The van der Waals surface area contributed by atoms with Crippen LogP contribution in [0.5, 0.6) is 0 Å². The molecule has 0 spiro atoms. The fourth-order valence-corrected chi connectivity index (χ4v) is 9.26. The second-order valence-electron chi connectivity index (χ2n) is 21.0. The van der Waals surface area contributed by atoms with Gasteiger partial charge in [0, 0.05) is 49.5 Å². The minimum Gasteiger partial charge on any atom is -0.461 e. The molecular formula is C54H66N8O7Si. The number of ether oxygens (including phenoxy) is 3. The average Bonchev–Trinajstić information content (AvgIpc) is 4.15. The predicted octanol–water partition coefficient (Wildman–Crippen LogP) is 11.4. The van der Waals surface area contributed by atoms with Gasteiger partial charge in [0.15, 0.2) is 22.9 Å². The van der Waals surface area contributed by atoms with Crippen LogP contribution in [0.4, 0.5) is 0 Å². The topological polar surface area (TPSA) is 194 Å². The van der Waals surface area contributed by atoms with Crippen molar-refractivity contribution in [1.29, 1.82) is 0 Å². The summed E-state index contributed by atoms with van der Waals surface area (Å²) in [6.07, 6.45) is 13.6. The number of nitrogens with zero attached hydrogens (tertiary/aromatic N) is 7. The molecule has 1 N–H and O–H groups in total. The van der Waals surface area contributed by atoms with Crippen LogP contribution < -0.4 is 0 Å². The van der Waals surface area contributed by atoms with Gasteiger partial charge in [-0.05, 0) is 93.0 Å². The summed E-state index contributed by atoms with van der Waals surface area (Å²) in [5.74, 6) is -0.846. The Labute approximate surface area is 411 Å². The number of H-pyrrole nitrogens is 1. The van der Waals surface area contributed by atoms with Crippen LogP contribution in [0.2, 0.25) is 25.7 Å². The Hall–Kier alpha value is -6.52. The number of Topliss-reactive ketones (excluding diaryl/α,β-unsaturated/α-hetero) is 2. The normalized spacial score (nSPS) is 15.2. The zero-order chi connectivity index (χ0) is 50.5. The summed E-state index contributed by atoms with van der Waals surface area (Å²) in [6.45, 7) is 23.5. The van der Waals surface area contributed by atoms with Crippen molar-refractivity contribution in [3.05, 3.63) is 113 Å². The van der Waals surface area contributed by atoms with Crippen molar-refractivity contribution in [3.8, 4) is 0 Å². The third kappa shape index (κ3) is 11.7. The molecule has 0 aromatic carbocycles. The number of esters is 2. The van der Waals surface area contributed by atoms with E-state index >= 15 is 0 Å². The quantitative estimate of drug-likeness (QED) is 0.0442. The van der Waals surface area contributed by atoms with Crippen LogP contribution in [0.25, 0.3) is 39.0 Å². The molecule has 0 saturated carbocycles. The van der Waals surface area contributed by atoms with Gasteiger partial charge in [-0.1, -0.05) is 79.4 Å². The molecule has 16 heteroatoms. The lowest BCUT2D eigenvalue weighted by atomic mass is 9.87. The van der Waals surface area contributed by atoms with Crippen LogP contribution in [-0.4, -0.2) is 90.9 Å². The third-order valence-corrected chi connectivity index (χ3v) is 13.9. The molecule has 6 aromatic rings. The highest BCUT2D eigenvalue weighted by Crippen LogP contribution is 2.41. The minimum absolute atomic E-state index is 0.0144. The second kappa shape index (κ2) is 21.2.